The van der Waals surface area contributed by atoms with Crippen LogP contribution < -0.4 is 20.1 Å². The summed E-state index contributed by atoms with van der Waals surface area (Å²) in [4.78, 5) is 7.21. The summed E-state index contributed by atoms with van der Waals surface area (Å²) in [5, 5.41) is 6.87. The molecule has 29 heavy (non-hydrogen) atoms. The van der Waals surface area contributed by atoms with Crippen LogP contribution in [0, 0.1) is 0 Å². The number of hydrogen-bond donors (Lipinski definition) is 2. The Balaban J connectivity index is 0.00000420. The minimum absolute atomic E-state index is 0. The number of ether oxygens (including phenoxy) is 3. The molecule has 0 aromatic heterocycles. The van der Waals surface area contributed by atoms with E-state index in [2.05, 4.69) is 43.5 Å². The number of nitrogens with one attached hydrogen (secondary N) is 2. The Hall–Kier alpha value is -1.26. The van der Waals surface area contributed by atoms with E-state index in [1.54, 1.807) is 14.2 Å². The normalized spacial score (nSPS) is 17.3. The van der Waals surface area contributed by atoms with Gasteiger partial charge in [-0.2, -0.15) is 0 Å². The number of guanidine groups is 1. The quantitative estimate of drug-likeness (QED) is 0.312. The molecule has 0 amide bonds. The number of likely N-dealkylation sites (N-methyl/N-ethyl adjacent to an activating group) is 1. The summed E-state index contributed by atoms with van der Waals surface area (Å²) in [6.07, 6.45) is 1.98. The lowest BCUT2D eigenvalue weighted by molar-refractivity contribution is -0.00255. The molecule has 0 aliphatic carbocycles. The summed E-state index contributed by atoms with van der Waals surface area (Å²) in [6, 6.07) is 5.84. The van der Waals surface area contributed by atoms with Crippen molar-refractivity contribution in [2.24, 2.45) is 4.99 Å². The Morgan fingerprint density at radius 3 is 2.48 bits per heavy atom. The predicted octanol–water partition coefficient (Wildman–Crippen LogP) is 3.05. The Kier molecular flexibility index (Phi) is 11.1. The Morgan fingerprint density at radius 1 is 1.24 bits per heavy atom. The summed E-state index contributed by atoms with van der Waals surface area (Å²) in [5.41, 5.74) is 1.07. The fourth-order valence-electron chi connectivity index (χ4n) is 3.50. The third kappa shape index (κ3) is 6.89. The van der Waals surface area contributed by atoms with Crippen LogP contribution in [0.1, 0.15) is 38.3 Å². The predicted molar refractivity (Wildman–Crippen MR) is 129 cm³/mol. The number of nitrogens with zero attached hydrogens (tertiary/aromatic N) is 2. The van der Waals surface area contributed by atoms with Crippen LogP contribution in [0.2, 0.25) is 0 Å². The second kappa shape index (κ2) is 12.4. The van der Waals surface area contributed by atoms with E-state index in [-0.39, 0.29) is 35.6 Å². The zero-order valence-electron chi connectivity index (χ0n) is 18.6. The first-order chi connectivity index (χ1) is 13.5. The molecule has 1 aliphatic heterocycles. The van der Waals surface area contributed by atoms with Crippen LogP contribution in [-0.2, 0) is 4.74 Å². The van der Waals surface area contributed by atoms with E-state index in [1.165, 1.54) is 0 Å². The van der Waals surface area contributed by atoms with E-state index in [0.717, 1.165) is 62.2 Å². The molecule has 8 heteroatoms. The highest BCUT2D eigenvalue weighted by Gasteiger charge is 2.34. The second-order valence-corrected chi connectivity index (χ2v) is 7.40. The zero-order chi connectivity index (χ0) is 20.6. The first-order valence-electron chi connectivity index (χ1n) is 9.97. The van der Waals surface area contributed by atoms with Crippen molar-refractivity contribution in [2.45, 2.75) is 38.3 Å². The fourth-order valence-corrected chi connectivity index (χ4v) is 3.50. The van der Waals surface area contributed by atoms with Crippen LogP contribution in [0.4, 0.5) is 0 Å². The highest BCUT2D eigenvalue weighted by molar-refractivity contribution is 14.0. The van der Waals surface area contributed by atoms with Crippen LogP contribution in [0.15, 0.2) is 23.2 Å². The van der Waals surface area contributed by atoms with Crippen molar-refractivity contribution >= 4 is 29.9 Å². The molecule has 1 fully saturated rings. The van der Waals surface area contributed by atoms with E-state index < -0.39 is 0 Å². The van der Waals surface area contributed by atoms with Gasteiger partial charge in [0.05, 0.1) is 26.8 Å². The molecule has 1 unspecified atom stereocenters. The van der Waals surface area contributed by atoms with Gasteiger partial charge in [0.1, 0.15) is 11.5 Å². The zero-order valence-corrected chi connectivity index (χ0v) is 20.9. The van der Waals surface area contributed by atoms with Crippen LogP contribution in [-0.4, -0.2) is 71.0 Å². The third-order valence-electron chi connectivity index (χ3n) is 5.50. The van der Waals surface area contributed by atoms with Gasteiger partial charge in [-0.3, -0.25) is 4.99 Å². The monoisotopic (exact) mass is 520 g/mol. The molecule has 0 saturated carbocycles. The molecule has 1 atom stereocenters. The topological polar surface area (TPSA) is 67.4 Å². The number of benzene rings is 1. The van der Waals surface area contributed by atoms with Gasteiger partial charge < -0.3 is 29.7 Å². The van der Waals surface area contributed by atoms with Crippen LogP contribution >= 0.6 is 24.0 Å². The smallest absolute Gasteiger partial charge is 0.191 e. The van der Waals surface area contributed by atoms with Gasteiger partial charge in [-0.05, 0) is 59.0 Å². The molecule has 1 aromatic rings. The van der Waals surface area contributed by atoms with Crippen molar-refractivity contribution < 1.29 is 14.2 Å². The van der Waals surface area contributed by atoms with Crippen molar-refractivity contribution in [2.75, 3.05) is 54.6 Å². The van der Waals surface area contributed by atoms with Crippen molar-refractivity contribution in [1.82, 2.24) is 15.5 Å². The van der Waals surface area contributed by atoms with Crippen molar-refractivity contribution in [3.63, 3.8) is 0 Å². The Labute approximate surface area is 192 Å². The standard InChI is InChI=1S/C21H36N4O3.HI/c1-7-22-20(23-15-21(25(3)4)10-12-28-13-11-21)24-16(2)18-14-17(26-5)8-9-19(18)27-6;/h8-9,14,16H,7,10-13,15H2,1-6H3,(H2,22,23,24);1H. The van der Waals surface area contributed by atoms with Gasteiger partial charge in [0.2, 0.25) is 0 Å². The summed E-state index contributed by atoms with van der Waals surface area (Å²) >= 11 is 0. The van der Waals surface area contributed by atoms with Crippen LogP contribution in [0.5, 0.6) is 11.5 Å². The van der Waals surface area contributed by atoms with Gasteiger partial charge in [0.25, 0.3) is 0 Å². The first kappa shape index (κ1) is 25.8. The minimum atomic E-state index is 0. The average Bonchev–Trinajstić information content (AvgIpc) is 2.72. The van der Waals surface area contributed by atoms with E-state index in [4.69, 9.17) is 19.2 Å². The number of rotatable bonds is 8. The average molecular weight is 520 g/mol. The number of hydrogen-bond acceptors (Lipinski definition) is 5. The summed E-state index contributed by atoms with van der Waals surface area (Å²) < 4.78 is 16.5. The van der Waals surface area contributed by atoms with E-state index in [0.29, 0.717) is 0 Å². The SMILES string of the molecule is CCNC(=NCC1(N(C)C)CCOCC1)NC(C)c1cc(OC)ccc1OC.I. The van der Waals surface area contributed by atoms with Crippen LogP contribution in [0.25, 0.3) is 0 Å². The second-order valence-electron chi connectivity index (χ2n) is 7.40. The third-order valence-corrected chi connectivity index (χ3v) is 5.50. The van der Waals surface area contributed by atoms with E-state index >= 15 is 0 Å². The molecule has 1 saturated heterocycles. The van der Waals surface area contributed by atoms with E-state index in [9.17, 15) is 0 Å². The number of halogens is 1. The molecule has 1 aliphatic rings. The summed E-state index contributed by atoms with van der Waals surface area (Å²) in [5.74, 6) is 2.43. The molecule has 166 valence electrons. The maximum Gasteiger partial charge on any atom is 0.191 e. The largest absolute Gasteiger partial charge is 0.497 e. The molecule has 0 spiro atoms. The molecular formula is C21H37IN4O3. The molecule has 1 heterocycles. The lowest BCUT2D eigenvalue weighted by atomic mass is 9.89. The Bertz CT molecular complexity index is 649. The molecule has 1 aromatic carbocycles. The molecule has 2 N–H and O–H groups in total. The van der Waals surface area contributed by atoms with E-state index in [1.807, 2.05) is 18.2 Å². The highest BCUT2D eigenvalue weighted by atomic mass is 127. The van der Waals surface area contributed by atoms with Gasteiger partial charge in [-0.1, -0.05) is 0 Å². The minimum Gasteiger partial charge on any atom is -0.497 e. The number of aliphatic imine (C=N–C) groups is 1. The summed E-state index contributed by atoms with van der Waals surface area (Å²) in [7, 11) is 7.61. The fraction of sp³-hybridized carbons (Fsp3) is 0.667. The Morgan fingerprint density at radius 2 is 1.93 bits per heavy atom. The van der Waals surface area contributed by atoms with Crippen LogP contribution in [0.3, 0.4) is 0 Å². The van der Waals surface area contributed by atoms with Crippen molar-refractivity contribution in [1.29, 1.82) is 0 Å². The van der Waals surface area contributed by atoms with Gasteiger partial charge in [0, 0.05) is 30.9 Å². The molecule has 2 rings (SSSR count). The molecule has 0 bridgehead atoms. The lowest BCUT2D eigenvalue weighted by Crippen LogP contribution is -2.51. The number of methoxy groups -OCH3 is 2. The van der Waals surface area contributed by atoms with Crippen molar-refractivity contribution in [3.05, 3.63) is 23.8 Å². The highest BCUT2D eigenvalue weighted by Crippen LogP contribution is 2.29. The van der Waals surface area contributed by atoms with Crippen molar-refractivity contribution in [3.8, 4) is 11.5 Å². The van der Waals surface area contributed by atoms with Gasteiger partial charge in [-0.25, -0.2) is 0 Å². The summed E-state index contributed by atoms with van der Waals surface area (Å²) in [6.45, 7) is 7.27. The molecular weight excluding hydrogens is 483 g/mol. The van der Waals surface area contributed by atoms with Gasteiger partial charge in [-0.15, -0.1) is 24.0 Å². The van der Waals surface area contributed by atoms with Gasteiger partial charge in [0.15, 0.2) is 5.96 Å². The molecule has 0 radical (unpaired) electrons. The van der Waals surface area contributed by atoms with Gasteiger partial charge >= 0.3 is 0 Å². The lowest BCUT2D eigenvalue weighted by Gasteiger charge is -2.41. The molecule has 7 nitrogen and oxygen atoms in total. The maximum atomic E-state index is 5.57. The maximum absolute atomic E-state index is 5.57. The first-order valence-corrected chi connectivity index (χ1v) is 9.97.